The molecule has 0 spiro atoms. The Morgan fingerprint density at radius 1 is 1.07 bits per heavy atom. The predicted octanol–water partition coefficient (Wildman–Crippen LogP) is -0.596. The van der Waals surface area contributed by atoms with E-state index in [1.54, 1.807) is 0 Å². The smallest absolute Gasteiger partial charge is 1.00 e. The molecule has 4 aliphatic rings. The van der Waals surface area contributed by atoms with Crippen LogP contribution in [-0.4, -0.2) is 11.1 Å². The molecule has 2 nitrogen and oxygen atoms in total. The summed E-state index contributed by atoms with van der Waals surface area (Å²) in [5, 5.41) is 9.28. The molecule has 0 aromatic rings. The third-order valence-electron chi connectivity index (χ3n) is 4.49. The van der Waals surface area contributed by atoms with Crippen molar-refractivity contribution < 1.29 is 80.2 Å². The Labute approximate surface area is 145 Å². The Morgan fingerprint density at radius 2 is 1.43 bits per heavy atom. The van der Waals surface area contributed by atoms with Gasteiger partial charge in [0.25, 0.3) is 0 Å². The molecular weight excluding hydrogens is 297 g/mol. The second-order valence-electron chi connectivity index (χ2n) is 5.50. The minimum Gasteiger partial charge on any atom is -1.00 e. The largest absolute Gasteiger partial charge is 1.00 e. The fourth-order valence-electron chi connectivity index (χ4n) is 4.37. The maximum absolute atomic E-state index is 11.3. The molecule has 4 rings (SSSR count). The maximum Gasteiger partial charge on any atom is 1.00 e. The third-order valence-corrected chi connectivity index (χ3v) is 4.49. The molecule has 4 bridgehead atoms. The van der Waals surface area contributed by atoms with Crippen molar-refractivity contribution in [2.75, 3.05) is 0 Å². The summed E-state index contributed by atoms with van der Waals surface area (Å²) in [4.78, 5) is 11.3. The number of carboxylic acid groups (broad SMARTS) is 1. The van der Waals surface area contributed by atoms with Crippen molar-refractivity contribution in [1.82, 2.24) is 0 Å². The van der Waals surface area contributed by atoms with Gasteiger partial charge in [0.05, 0.1) is 5.41 Å². The van der Waals surface area contributed by atoms with Gasteiger partial charge in [0.1, 0.15) is 0 Å². The molecule has 0 unspecified atom stereocenters. The quantitative estimate of drug-likeness (QED) is 0.702. The Hall–Kier alpha value is 1.52. The normalized spacial score (nSPS) is 48.7. The van der Waals surface area contributed by atoms with Crippen LogP contribution in [0, 0.1) is 23.2 Å². The van der Waals surface area contributed by atoms with E-state index in [0.29, 0.717) is 0 Å². The van der Waals surface area contributed by atoms with Crippen molar-refractivity contribution in [3.63, 3.8) is 0 Å². The molecule has 0 radical (unpaired) electrons. The van der Waals surface area contributed by atoms with E-state index in [-0.39, 0.29) is 75.7 Å². The number of rotatable bonds is 1. The van der Waals surface area contributed by atoms with Crippen molar-refractivity contribution in [3.8, 4) is 0 Å². The SMILES string of the molecule is O=C(O)C12CC3CC(CC(C3)C1)C2.[Cs+].[H-]. The van der Waals surface area contributed by atoms with Crippen molar-refractivity contribution in [1.29, 1.82) is 0 Å². The van der Waals surface area contributed by atoms with Gasteiger partial charge in [0, 0.05) is 0 Å². The van der Waals surface area contributed by atoms with Crippen LogP contribution in [0.4, 0.5) is 0 Å². The molecule has 4 saturated carbocycles. The van der Waals surface area contributed by atoms with Crippen molar-refractivity contribution in [2.45, 2.75) is 38.5 Å². The number of hydrogen-bond donors (Lipinski definition) is 1. The summed E-state index contributed by atoms with van der Waals surface area (Å²) in [6.07, 6.45) is 6.92. The minimum absolute atomic E-state index is 0. The number of carboxylic acids is 1. The average Bonchev–Trinajstić information content (AvgIpc) is 2.00. The monoisotopic (exact) mass is 314 g/mol. The Morgan fingerprint density at radius 3 is 1.71 bits per heavy atom. The van der Waals surface area contributed by atoms with Crippen LogP contribution in [0.2, 0.25) is 0 Å². The fraction of sp³-hybridized carbons (Fsp3) is 0.909. The summed E-state index contributed by atoms with van der Waals surface area (Å²) in [5.41, 5.74) is -0.283. The molecular formula is C11H17CsO2. The van der Waals surface area contributed by atoms with Crippen molar-refractivity contribution in [3.05, 3.63) is 0 Å². The van der Waals surface area contributed by atoms with Gasteiger partial charge in [0.2, 0.25) is 0 Å². The van der Waals surface area contributed by atoms with E-state index in [0.717, 1.165) is 37.0 Å². The van der Waals surface area contributed by atoms with Gasteiger partial charge in [-0.3, -0.25) is 4.79 Å². The average molecular weight is 314 g/mol. The molecule has 0 aromatic carbocycles. The Balaban J connectivity index is 0.000000562. The summed E-state index contributed by atoms with van der Waals surface area (Å²) in [6, 6.07) is 0. The van der Waals surface area contributed by atoms with Crippen LogP contribution < -0.4 is 68.9 Å². The maximum atomic E-state index is 11.3. The predicted molar refractivity (Wildman–Crippen MR) is 49.4 cm³/mol. The van der Waals surface area contributed by atoms with Gasteiger partial charge in [-0.15, -0.1) is 0 Å². The Bertz CT molecular complexity index is 232. The van der Waals surface area contributed by atoms with E-state index in [2.05, 4.69) is 0 Å². The third kappa shape index (κ3) is 1.78. The van der Waals surface area contributed by atoms with Crippen LogP contribution in [0.3, 0.4) is 0 Å². The summed E-state index contributed by atoms with van der Waals surface area (Å²) < 4.78 is 0. The second kappa shape index (κ2) is 4.08. The van der Waals surface area contributed by atoms with Crippen molar-refractivity contribution >= 4 is 5.97 Å². The number of hydrogen-bond acceptors (Lipinski definition) is 1. The van der Waals surface area contributed by atoms with E-state index >= 15 is 0 Å². The minimum atomic E-state index is -0.508. The van der Waals surface area contributed by atoms with Gasteiger partial charge in [0.15, 0.2) is 0 Å². The molecule has 0 atom stereocenters. The van der Waals surface area contributed by atoms with Gasteiger partial charge in [-0.2, -0.15) is 0 Å². The van der Waals surface area contributed by atoms with Gasteiger partial charge in [-0.05, 0) is 56.3 Å². The molecule has 0 saturated heterocycles. The molecule has 4 fully saturated rings. The van der Waals surface area contributed by atoms with Gasteiger partial charge in [-0.25, -0.2) is 0 Å². The molecule has 1 N–H and O–H groups in total. The first kappa shape index (κ1) is 12.0. The van der Waals surface area contributed by atoms with Gasteiger partial charge < -0.3 is 6.53 Å². The summed E-state index contributed by atoms with van der Waals surface area (Å²) in [7, 11) is 0. The number of aliphatic carboxylic acids is 1. The first-order chi connectivity index (χ1) is 6.18. The second-order valence-corrected chi connectivity index (χ2v) is 5.50. The van der Waals surface area contributed by atoms with Crippen LogP contribution in [0.1, 0.15) is 40.0 Å². The van der Waals surface area contributed by atoms with Crippen LogP contribution in [-0.2, 0) is 4.79 Å². The topological polar surface area (TPSA) is 37.3 Å². The molecule has 0 amide bonds. The Kier molecular flexibility index (Phi) is 3.49. The zero-order chi connectivity index (χ0) is 9.05. The fourth-order valence-corrected chi connectivity index (χ4v) is 4.37. The molecule has 0 heterocycles. The van der Waals surface area contributed by atoms with Crippen LogP contribution in [0.5, 0.6) is 0 Å². The van der Waals surface area contributed by atoms with E-state index in [9.17, 15) is 9.90 Å². The zero-order valence-electron chi connectivity index (χ0n) is 9.83. The molecule has 0 aromatic heterocycles. The van der Waals surface area contributed by atoms with E-state index in [1.165, 1.54) is 19.3 Å². The van der Waals surface area contributed by atoms with E-state index in [4.69, 9.17) is 0 Å². The van der Waals surface area contributed by atoms with Crippen LogP contribution in [0.25, 0.3) is 0 Å². The molecule has 14 heavy (non-hydrogen) atoms. The number of carbonyl (C=O) groups is 1. The van der Waals surface area contributed by atoms with E-state index < -0.39 is 5.97 Å². The molecule has 0 aliphatic heterocycles. The van der Waals surface area contributed by atoms with Crippen LogP contribution in [0.15, 0.2) is 0 Å². The van der Waals surface area contributed by atoms with Crippen molar-refractivity contribution in [2.24, 2.45) is 23.2 Å². The summed E-state index contributed by atoms with van der Waals surface area (Å²) in [5.74, 6) is 1.75. The summed E-state index contributed by atoms with van der Waals surface area (Å²) in [6.45, 7) is 0. The van der Waals surface area contributed by atoms with E-state index in [1.807, 2.05) is 0 Å². The zero-order valence-corrected chi connectivity index (χ0v) is 15.1. The standard InChI is InChI=1S/C11H16O2.Cs.H/c12-10(13)11-4-7-1-8(5-11)3-9(2-7)6-11;;/h7-9H,1-6H2,(H,12,13);;/q;+1;-1. The molecule has 4 aliphatic carbocycles. The molecule has 3 heteroatoms. The first-order valence-electron chi connectivity index (χ1n) is 5.41. The first-order valence-corrected chi connectivity index (χ1v) is 5.41. The summed E-state index contributed by atoms with van der Waals surface area (Å²) >= 11 is 0. The molecule has 74 valence electrons. The van der Waals surface area contributed by atoms with Crippen LogP contribution >= 0.6 is 0 Å². The van der Waals surface area contributed by atoms with Gasteiger partial charge >= 0.3 is 74.9 Å². The van der Waals surface area contributed by atoms with Gasteiger partial charge in [-0.1, -0.05) is 0 Å².